The van der Waals surface area contributed by atoms with Crippen molar-refractivity contribution in [3.05, 3.63) is 29.8 Å². The number of nitrogens with zero attached hydrogens (tertiary/aromatic N) is 2. The molecule has 1 heterocycles. The van der Waals surface area contributed by atoms with E-state index in [0.29, 0.717) is 18.9 Å². The lowest BCUT2D eigenvalue weighted by atomic mass is 10.0. The quantitative estimate of drug-likeness (QED) is 0.649. The Morgan fingerprint density at radius 3 is 2.70 bits per heavy atom. The van der Waals surface area contributed by atoms with Gasteiger partial charge in [0.05, 0.1) is 6.54 Å². The summed E-state index contributed by atoms with van der Waals surface area (Å²) in [4.78, 5) is 19.6. The molecule has 0 spiro atoms. The van der Waals surface area contributed by atoms with Crippen molar-refractivity contribution in [3.63, 3.8) is 0 Å². The number of Topliss-reactive ketones (excluding diaryl/α,β-unsaturated/α-hetero) is 1. The van der Waals surface area contributed by atoms with E-state index in [1.807, 2.05) is 24.3 Å². The number of nitrogens with one attached hydrogen (secondary N) is 1. The molecule has 0 saturated heterocycles. The van der Waals surface area contributed by atoms with Crippen LogP contribution in [0.2, 0.25) is 0 Å². The van der Waals surface area contributed by atoms with Crippen LogP contribution in [-0.2, 0) is 4.79 Å². The van der Waals surface area contributed by atoms with Crippen molar-refractivity contribution in [3.8, 4) is 0 Å². The first kappa shape index (κ1) is 14.2. The summed E-state index contributed by atoms with van der Waals surface area (Å²) in [6.07, 6.45) is 2.29. The molecule has 0 unspecified atom stereocenters. The minimum atomic E-state index is 0.215. The number of hydrogen-bond donors (Lipinski definition) is 2. The molecule has 0 aromatic heterocycles. The van der Waals surface area contributed by atoms with Crippen molar-refractivity contribution in [2.75, 3.05) is 18.4 Å². The van der Waals surface area contributed by atoms with Gasteiger partial charge >= 0.3 is 0 Å². The lowest BCUT2D eigenvalue weighted by Crippen LogP contribution is -2.22. The number of aliphatic imine (C=N–C) groups is 2. The van der Waals surface area contributed by atoms with E-state index in [0.717, 1.165) is 36.3 Å². The highest BCUT2D eigenvalue weighted by Crippen LogP contribution is 2.15. The van der Waals surface area contributed by atoms with Crippen LogP contribution in [0.25, 0.3) is 0 Å². The Hall–Kier alpha value is -2.17. The highest BCUT2D eigenvalue weighted by molar-refractivity contribution is 6.05. The van der Waals surface area contributed by atoms with Crippen LogP contribution in [-0.4, -0.2) is 30.5 Å². The molecule has 106 valence electrons. The molecule has 0 amide bonds. The summed E-state index contributed by atoms with van der Waals surface area (Å²) in [5.41, 5.74) is 8.73. The van der Waals surface area contributed by atoms with Crippen LogP contribution in [0.15, 0.2) is 34.3 Å². The van der Waals surface area contributed by atoms with E-state index in [-0.39, 0.29) is 5.78 Å². The summed E-state index contributed by atoms with van der Waals surface area (Å²) >= 11 is 0. The van der Waals surface area contributed by atoms with Gasteiger partial charge in [0.15, 0.2) is 11.7 Å². The molecule has 1 aromatic rings. The molecular weight excluding hydrogens is 252 g/mol. The van der Waals surface area contributed by atoms with E-state index in [1.54, 1.807) is 0 Å². The molecule has 1 aliphatic rings. The number of ketones is 1. The summed E-state index contributed by atoms with van der Waals surface area (Å²) in [7, 11) is 0. The lowest BCUT2D eigenvalue weighted by Gasteiger charge is -2.12. The van der Waals surface area contributed by atoms with Gasteiger partial charge in [0, 0.05) is 24.4 Å². The van der Waals surface area contributed by atoms with E-state index in [4.69, 9.17) is 5.73 Å². The van der Waals surface area contributed by atoms with Crippen molar-refractivity contribution in [2.24, 2.45) is 15.7 Å². The van der Waals surface area contributed by atoms with E-state index in [1.165, 1.54) is 0 Å². The van der Waals surface area contributed by atoms with E-state index >= 15 is 0 Å². The van der Waals surface area contributed by atoms with Gasteiger partial charge in [-0.25, -0.2) is 0 Å². The van der Waals surface area contributed by atoms with E-state index < -0.39 is 0 Å². The number of benzene rings is 1. The number of guanidine groups is 1. The van der Waals surface area contributed by atoms with Crippen LogP contribution in [0.4, 0.5) is 5.69 Å². The van der Waals surface area contributed by atoms with Crippen LogP contribution in [0.3, 0.4) is 0 Å². The van der Waals surface area contributed by atoms with Crippen LogP contribution in [0.5, 0.6) is 0 Å². The monoisotopic (exact) mass is 272 g/mol. The van der Waals surface area contributed by atoms with Crippen LogP contribution in [0, 0.1) is 0 Å². The van der Waals surface area contributed by atoms with Gasteiger partial charge in [-0.05, 0) is 30.5 Å². The maximum Gasteiger partial charge on any atom is 0.193 e. The Morgan fingerprint density at radius 1 is 1.35 bits per heavy atom. The van der Waals surface area contributed by atoms with Crippen molar-refractivity contribution in [1.29, 1.82) is 0 Å². The Bertz CT molecular complexity index is 531. The molecule has 0 radical (unpaired) electrons. The number of rotatable bonds is 4. The summed E-state index contributed by atoms with van der Waals surface area (Å²) in [5, 5.41) is 3.05. The predicted molar refractivity (Wildman–Crippen MR) is 82.5 cm³/mol. The molecule has 0 atom stereocenters. The number of hydrogen-bond acceptors (Lipinski definition) is 3. The van der Waals surface area contributed by atoms with Crippen molar-refractivity contribution in [2.45, 2.75) is 26.2 Å². The maximum absolute atomic E-state index is 11.2. The maximum atomic E-state index is 11.2. The first-order chi connectivity index (χ1) is 9.69. The van der Waals surface area contributed by atoms with Gasteiger partial charge in [0.1, 0.15) is 0 Å². The van der Waals surface area contributed by atoms with Gasteiger partial charge in [-0.3, -0.25) is 14.8 Å². The molecule has 0 bridgehead atoms. The highest BCUT2D eigenvalue weighted by Gasteiger charge is 2.13. The average Bonchev–Trinajstić information content (AvgIpc) is 2.47. The fraction of sp³-hybridized carbons (Fsp3) is 0.400. The summed E-state index contributed by atoms with van der Waals surface area (Å²) < 4.78 is 0. The number of carbonyl (C=O) groups excluding carboxylic acids is 1. The molecule has 0 saturated carbocycles. The molecule has 0 aliphatic carbocycles. The average molecular weight is 272 g/mol. The van der Waals surface area contributed by atoms with E-state index in [9.17, 15) is 4.79 Å². The molecule has 20 heavy (non-hydrogen) atoms. The molecule has 1 aliphatic heterocycles. The Kier molecular flexibility index (Phi) is 4.87. The van der Waals surface area contributed by atoms with E-state index in [2.05, 4.69) is 22.2 Å². The fourth-order valence-electron chi connectivity index (χ4n) is 2.00. The Morgan fingerprint density at radius 2 is 2.10 bits per heavy atom. The Labute approximate surface area is 119 Å². The third-order valence-electron chi connectivity index (χ3n) is 3.08. The zero-order valence-corrected chi connectivity index (χ0v) is 11.7. The fourth-order valence-corrected chi connectivity index (χ4v) is 2.00. The van der Waals surface area contributed by atoms with Crippen LogP contribution < -0.4 is 11.1 Å². The third kappa shape index (κ3) is 3.91. The summed E-state index contributed by atoms with van der Waals surface area (Å²) in [6, 6.07) is 7.87. The minimum Gasteiger partial charge on any atom is -0.370 e. The minimum absolute atomic E-state index is 0.215. The molecule has 5 heteroatoms. The summed E-state index contributed by atoms with van der Waals surface area (Å²) in [5.74, 6) is 0.646. The predicted octanol–water partition coefficient (Wildman–Crippen LogP) is 1.98. The van der Waals surface area contributed by atoms with Gasteiger partial charge in [0.2, 0.25) is 0 Å². The van der Waals surface area contributed by atoms with Crippen molar-refractivity contribution >= 4 is 23.1 Å². The topological polar surface area (TPSA) is 79.8 Å². The zero-order chi connectivity index (χ0) is 14.4. The highest BCUT2D eigenvalue weighted by atomic mass is 16.1. The number of carbonyl (C=O) groups is 1. The second-order valence-corrected chi connectivity index (χ2v) is 4.77. The first-order valence-corrected chi connectivity index (χ1v) is 6.91. The standard InChI is InChI=1S/C15H20N4O/c1-2-9-17-15(16)19-12-5-3-11(4-6-12)14-8-7-13(20)10-18-14/h3-6H,2,7-10H2,1H3,(H3,16,17,19). The van der Waals surface area contributed by atoms with Crippen molar-refractivity contribution in [1.82, 2.24) is 0 Å². The molecule has 0 fully saturated rings. The largest absolute Gasteiger partial charge is 0.370 e. The molecule has 2 rings (SSSR count). The number of nitrogens with two attached hydrogens (primary N) is 1. The second-order valence-electron chi connectivity index (χ2n) is 4.77. The zero-order valence-electron chi connectivity index (χ0n) is 11.7. The third-order valence-corrected chi connectivity index (χ3v) is 3.08. The van der Waals surface area contributed by atoms with Gasteiger partial charge in [-0.15, -0.1) is 0 Å². The van der Waals surface area contributed by atoms with Crippen molar-refractivity contribution < 1.29 is 4.79 Å². The van der Waals surface area contributed by atoms with Crippen LogP contribution >= 0.6 is 0 Å². The lowest BCUT2D eigenvalue weighted by molar-refractivity contribution is -0.117. The normalized spacial score (nSPS) is 15.9. The van der Waals surface area contributed by atoms with Gasteiger partial charge in [-0.1, -0.05) is 19.1 Å². The number of anilines is 1. The smallest absolute Gasteiger partial charge is 0.193 e. The SMILES string of the molecule is CCCN=C(N)Nc1ccc(C2=NCC(=O)CC2)cc1. The first-order valence-electron chi connectivity index (χ1n) is 6.91. The second kappa shape index (κ2) is 6.84. The molecule has 1 aromatic carbocycles. The summed E-state index contributed by atoms with van der Waals surface area (Å²) in [6.45, 7) is 3.09. The van der Waals surface area contributed by atoms with Gasteiger partial charge < -0.3 is 11.1 Å². The van der Waals surface area contributed by atoms with Crippen LogP contribution in [0.1, 0.15) is 31.7 Å². The molecule has 5 nitrogen and oxygen atoms in total. The Balaban J connectivity index is 2.01. The molecule has 3 N–H and O–H groups in total. The van der Waals surface area contributed by atoms with Gasteiger partial charge in [-0.2, -0.15) is 0 Å². The van der Waals surface area contributed by atoms with Gasteiger partial charge in [0.25, 0.3) is 0 Å². The molecular formula is C15H20N4O.